The molecule has 0 bridgehead atoms. The summed E-state index contributed by atoms with van der Waals surface area (Å²) >= 11 is 0.981. The summed E-state index contributed by atoms with van der Waals surface area (Å²) in [6.07, 6.45) is 0. The van der Waals surface area contributed by atoms with E-state index in [1.54, 1.807) is 30.3 Å². The fourth-order valence-corrected chi connectivity index (χ4v) is 5.07. The number of rotatable bonds is 4. The normalized spacial score (nSPS) is 17.5. The zero-order valence-electron chi connectivity index (χ0n) is 17.9. The minimum atomic E-state index is -5.80. The van der Waals surface area contributed by atoms with Crippen molar-refractivity contribution in [3.63, 3.8) is 0 Å². The van der Waals surface area contributed by atoms with Gasteiger partial charge in [-0.05, 0) is 29.7 Å². The molecule has 0 aliphatic heterocycles. The molecule has 1 aromatic heterocycles. The van der Waals surface area contributed by atoms with Crippen molar-refractivity contribution in [3.8, 4) is 22.6 Å². The van der Waals surface area contributed by atoms with Gasteiger partial charge in [-0.15, -0.1) is 11.3 Å². The minimum absolute atomic E-state index is 0.104. The van der Waals surface area contributed by atoms with Crippen LogP contribution in [-0.4, -0.2) is 17.8 Å². The second-order valence-electron chi connectivity index (χ2n) is 7.76. The van der Waals surface area contributed by atoms with Crippen molar-refractivity contribution in [2.45, 2.75) is 24.7 Å². The molecule has 0 saturated carbocycles. The highest BCUT2D eigenvalue weighted by Crippen LogP contribution is 2.65. The van der Waals surface area contributed by atoms with Crippen molar-refractivity contribution in [2.24, 2.45) is 0 Å². The van der Waals surface area contributed by atoms with E-state index in [0.717, 1.165) is 17.4 Å². The van der Waals surface area contributed by atoms with Crippen LogP contribution in [-0.2, 0) is 0 Å². The smallest absolute Gasteiger partial charge is 0.194 e. The average Bonchev–Trinajstić information content (AvgIpc) is 3.26. The van der Waals surface area contributed by atoms with E-state index in [1.807, 2.05) is 0 Å². The van der Waals surface area contributed by atoms with Crippen molar-refractivity contribution in [1.29, 1.82) is 10.5 Å². The van der Waals surface area contributed by atoms with Crippen LogP contribution in [0.25, 0.3) is 21.6 Å². The van der Waals surface area contributed by atoms with Gasteiger partial charge in [0.15, 0.2) is 0 Å². The van der Waals surface area contributed by atoms with Gasteiger partial charge >= 0.3 is 17.8 Å². The molecule has 0 saturated heterocycles. The first-order chi connectivity index (χ1) is 16.5. The van der Waals surface area contributed by atoms with Crippen LogP contribution in [0.1, 0.15) is 16.0 Å². The van der Waals surface area contributed by atoms with E-state index in [1.165, 1.54) is 49.4 Å². The first kappa shape index (κ1) is 24.3. The number of nitrogens with zero attached hydrogens (tertiary/aromatic N) is 2. The molecule has 2 nitrogen and oxygen atoms in total. The fraction of sp³-hybridized carbons (Fsp3) is 0.154. The van der Waals surface area contributed by atoms with Crippen LogP contribution in [0.4, 0.5) is 26.3 Å². The number of benzene rings is 2. The summed E-state index contributed by atoms with van der Waals surface area (Å²) in [4.78, 5) is 0.512. The fourth-order valence-electron chi connectivity index (χ4n) is 4.04. The number of hydrogen-bond donors (Lipinski definition) is 0. The zero-order valence-corrected chi connectivity index (χ0v) is 18.7. The highest BCUT2D eigenvalue weighted by atomic mass is 32.1. The Hall–Kier alpha value is -3.82. The van der Waals surface area contributed by atoms with Gasteiger partial charge in [0.2, 0.25) is 0 Å². The summed E-state index contributed by atoms with van der Waals surface area (Å²) in [6, 6.07) is 19.0. The Bertz CT molecular complexity index is 1420. The Balaban J connectivity index is 2.15. The van der Waals surface area contributed by atoms with Gasteiger partial charge in [0.25, 0.3) is 0 Å². The largest absolute Gasteiger partial charge is 0.380 e. The Kier molecular flexibility index (Phi) is 5.86. The maximum Gasteiger partial charge on any atom is 0.380 e. The molecule has 0 unspecified atom stereocenters. The summed E-state index contributed by atoms with van der Waals surface area (Å²) < 4.78 is 90.7. The minimum Gasteiger partial charge on any atom is -0.194 e. The van der Waals surface area contributed by atoms with Crippen LogP contribution in [0.15, 0.2) is 77.9 Å². The lowest BCUT2D eigenvalue weighted by molar-refractivity contribution is -0.258. The van der Waals surface area contributed by atoms with Gasteiger partial charge in [0, 0.05) is 26.5 Å². The molecular formula is C26H14F6N2S. The molecule has 0 N–H and O–H groups in total. The van der Waals surface area contributed by atoms with Crippen LogP contribution in [0.5, 0.6) is 0 Å². The van der Waals surface area contributed by atoms with Gasteiger partial charge in [0.05, 0.1) is 0 Å². The third kappa shape index (κ3) is 3.55. The highest BCUT2D eigenvalue weighted by Gasteiger charge is 2.80. The van der Waals surface area contributed by atoms with Crippen molar-refractivity contribution in [2.75, 3.05) is 0 Å². The number of thiophene rings is 1. The van der Waals surface area contributed by atoms with Gasteiger partial charge in [-0.3, -0.25) is 0 Å². The Morgan fingerprint density at radius 2 is 1.34 bits per heavy atom. The number of hydrogen-bond acceptors (Lipinski definition) is 3. The third-order valence-electron chi connectivity index (χ3n) is 5.70. The van der Waals surface area contributed by atoms with Gasteiger partial charge in [-0.25, -0.2) is 0 Å². The van der Waals surface area contributed by atoms with Crippen molar-refractivity contribution in [3.05, 3.63) is 93.9 Å². The predicted octanol–water partition coefficient (Wildman–Crippen LogP) is 7.90. The van der Waals surface area contributed by atoms with E-state index in [4.69, 9.17) is 0 Å². The van der Waals surface area contributed by atoms with Crippen molar-refractivity contribution in [1.82, 2.24) is 0 Å². The number of alkyl halides is 6. The molecule has 1 aliphatic rings. The average molecular weight is 500 g/mol. The van der Waals surface area contributed by atoms with Crippen LogP contribution >= 0.6 is 11.3 Å². The predicted molar refractivity (Wildman–Crippen MR) is 121 cm³/mol. The number of nitriles is 2. The first-order valence-corrected chi connectivity index (χ1v) is 11.0. The molecule has 2 aromatic carbocycles. The van der Waals surface area contributed by atoms with Crippen molar-refractivity contribution >= 4 is 22.5 Å². The van der Waals surface area contributed by atoms with E-state index in [0.29, 0.717) is 10.4 Å². The molecule has 3 aromatic rings. The van der Waals surface area contributed by atoms with E-state index in [2.05, 4.69) is 0 Å². The summed E-state index contributed by atoms with van der Waals surface area (Å²) in [5.41, 5.74) is -5.38. The van der Waals surface area contributed by atoms with Crippen molar-refractivity contribution < 1.29 is 26.3 Å². The topological polar surface area (TPSA) is 47.6 Å². The second-order valence-corrected chi connectivity index (χ2v) is 9.02. The highest BCUT2D eigenvalue weighted by molar-refractivity contribution is 7.15. The lowest BCUT2D eigenvalue weighted by Crippen LogP contribution is -2.49. The molecule has 0 fully saturated rings. The van der Waals surface area contributed by atoms with Crippen LogP contribution in [0, 0.1) is 29.6 Å². The summed E-state index contributed by atoms with van der Waals surface area (Å²) in [6.45, 7) is 1.36. The zero-order chi connectivity index (χ0) is 25.6. The van der Waals surface area contributed by atoms with Gasteiger partial charge < -0.3 is 0 Å². The molecule has 0 atom stereocenters. The molecule has 1 aliphatic carbocycles. The summed E-state index contributed by atoms with van der Waals surface area (Å²) in [5.74, 6) is -16.5. The maximum atomic E-state index is 15.3. The van der Waals surface area contributed by atoms with Crippen LogP contribution < -0.4 is 0 Å². The molecule has 4 rings (SSSR count). The molecular weight excluding hydrogens is 486 g/mol. The lowest BCUT2D eigenvalue weighted by Gasteiger charge is -2.26. The Morgan fingerprint density at radius 3 is 1.89 bits per heavy atom. The third-order valence-corrected chi connectivity index (χ3v) is 6.80. The summed E-state index contributed by atoms with van der Waals surface area (Å²) in [7, 11) is 0. The van der Waals surface area contributed by atoms with Crippen LogP contribution in [0.3, 0.4) is 0 Å². The molecule has 35 heavy (non-hydrogen) atoms. The Morgan fingerprint density at radius 1 is 0.800 bits per heavy atom. The van der Waals surface area contributed by atoms with Gasteiger partial charge in [-0.1, -0.05) is 60.7 Å². The lowest BCUT2D eigenvalue weighted by atomic mass is 9.87. The first-order valence-electron chi connectivity index (χ1n) is 10.1. The standard InChI is InChI=1S/C26H14F6N2S/c1-15-19(12-20(35-15)16-8-4-2-5-9-16)22-23(25(29,30)26(31,32)24(22,27)28)21(18(13-33)14-34)17-10-6-3-7-11-17/h2-12H,1H3. The molecule has 1 heterocycles. The van der Waals surface area contributed by atoms with E-state index in [9.17, 15) is 19.3 Å². The molecule has 0 radical (unpaired) electrons. The number of allylic oxidation sites excluding steroid dienone is 4. The molecule has 9 heteroatoms. The van der Waals surface area contributed by atoms with E-state index in [-0.39, 0.29) is 10.4 Å². The molecule has 176 valence electrons. The van der Waals surface area contributed by atoms with Gasteiger partial charge in [0.1, 0.15) is 17.7 Å². The van der Waals surface area contributed by atoms with E-state index >= 15 is 17.6 Å². The molecule has 0 amide bonds. The Labute approximate surface area is 200 Å². The monoisotopic (exact) mass is 500 g/mol. The molecule has 0 spiro atoms. The SMILES string of the molecule is Cc1sc(-c2ccccc2)cc1C1=C(C(=C(C#N)C#N)c2ccccc2)C(F)(F)C(F)(F)C1(F)F. The van der Waals surface area contributed by atoms with Gasteiger partial charge in [-0.2, -0.15) is 36.9 Å². The second kappa shape index (κ2) is 8.44. The quantitative estimate of drug-likeness (QED) is 0.270. The number of halogens is 6. The van der Waals surface area contributed by atoms with Crippen LogP contribution in [0.2, 0.25) is 0 Å². The summed E-state index contributed by atoms with van der Waals surface area (Å²) in [5, 5.41) is 18.9. The number of aryl methyl sites for hydroxylation is 1. The maximum absolute atomic E-state index is 15.3. The van der Waals surface area contributed by atoms with E-state index < -0.39 is 45.6 Å².